The van der Waals surface area contributed by atoms with Crippen molar-refractivity contribution < 1.29 is 8.78 Å². The lowest BCUT2D eigenvalue weighted by Gasteiger charge is -2.09. The van der Waals surface area contributed by atoms with Crippen molar-refractivity contribution in [1.82, 2.24) is 5.32 Å². The molecule has 2 N–H and O–H groups in total. The fourth-order valence-electron chi connectivity index (χ4n) is 1.26. The van der Waals surface area contributed by atoms with Gasteiger partial charge in [-0.25, -0.2) is 8.78 Å². The van der Waals surface area contributed by atoms with Gasteiger partial charge in [0.15, 0.2) is 11.8 Å². The Balaban J connectivity index is 0.00000128. The first-order chi connectivity index (χ1) is 7.16. The van der Waals surface area contributed by atoms with Gasteiger partial charge >= 0.3 is 0 Å². The first-order valence-corrected chi connectivity index (χ1v) is 4.74. The first kappa shape index (κ1) is 13.0. The predicted octanol–water partition coefficient (Wildman–Crippen LogP) is 2.41. The van der Waals surface area contributed by atoms with E-state index in [2.05, 4.69) is 15.6 Å². The van der Waals surface area contributed by atoms with Gasteiger partial charge in [-0.05, 0) is 6.07 Å². The third kappa shape index (κ3) is 2.74. The highest BCUT2D eigenvalue weighted by Crippen LogP contribution is 2.26. The molecular weight excluding hydrogens is 259 g/mol. The molecule has 0 atom stereocenters. The van der Waals surface area contributed by atoms with Crippen LogP contribution in [0.25, 0.3) is 0 Å². The number of rotatable bonds is 1. The molecule has 0 radical (unpaired) electrons. The predicted molar refractivity (Wildman–Crippen MR) is 62.5 cm³/mol. The lowest BCUT2D eigenvalue weighted by Crippen LogP contribution is -2.26. The van der Waals surface area contributed by atoms with Gasteiger partial charge in [0.05, 0.1) is 17.3 Å². The van der Waals surface area contributed by atoms with Gasteiger partial charge in [-0.1, -0.05) is 11.6 Å². The van der Waals surface area contributed by atoms with Crippen LogP contribution < -0.4 is 10.6 Å². The summed E-state index contributed by atoms with van der Waals surface area (Å²) in [5.41, 5.74) is 0.0335. The maximum atomic E-state index is 13.3. The van der Waals surface area contributed by atoms with Crippen LogP contribution in [-0.2, 0) is 0 Å². The average molecular weight is 268 g/mol. The molecule has 16 heavy (non-hydrogen) atoms. The standard InChI is InChI=1S/C9H8ClF2N3.ClH/c10-6-3-5(11)4-7(12)8(6)15-9-13-1-2-14-9;/h3-4H,1-2H2,(H2,13,14,15);1H. The quantitative estimate of drug-likeness (QED) is 0.820. The highest BCUT2D eigenvalue weighted by atomic mass is 35.5. The summed E-state index contributed by atoms with van der Waals surface area (Å²) in [5, 5.41) is 5.55. The normalized spacial score (nSPS) is 13.8. The van der Waals surface area contributed by atoms with Gasteiger partial charge in [-0.15, -0.1) is 12.4 Å². The van der Waals surface area contributed by atoms with Crippen molar-refractivity contribution >= 4 is 35.7 Å². The summed E-state index contributed by atoms with van der Waals surface area (Å²) in [6.45, 7) is 1.32. The van der Waals surface area contributed by atoms with E-state index < -0.39 is 11.6 Å². The molecule has 0 amide bonds. The van der Waals surface area contributed by atoms with E-state index in [9.17, 15) is 8.78 Å². The second kappa shape index (κ2) is 5.32. The SMILES string of the molecule is Cl.Fc1cc(F)c(NC2=NCCN2)c(Cl)c1. The van der Waals surface area contributed by atoms with Gasteiger partial charge in [0, 0.05) is 12.6 Å². The van der Waals surface area contributed by atoms with Crippen LogP contribution in [0, 0.1) is 11.6 Å². The van der Waals surface area contributed by atoms with Gasteiger partial charge in [-0.2, -0.15) is 0 Å². The van der Waals surface area contributed by atoms with Gasteiger partial charge in [-0.3, -0.25) is 4.99 Å². The van der Waals surface area contributed by atoms with Crippen LogP contribution in [0.3, 0.4) is 0 Å². The van der Waals surface area contributed by atoms with Gasteiger partial charge in [0.25, 0.3) is 0 Å². The fourth-order valence-corrected chi connectivity index (χ4v) is 1.50. The van der Waals surface area contributed by atoms with E-state index in [1.807, 2.05) is 0 Å². The maximum Gasteiger partial charge on any atom is 0.196 e. The lowest BCUT2D eigenvalue weighted by atomic mass is 10.3. The van der Waals surface area contributed by atoms with Crippen LogP contribution in [0.2, 0.25) is 5.02 Å². The van der Waals surface area contributed by atoms with Gasteiger partial charge in [0.2, 0.25) is 0 Å². The molecule has 7 heteroatoms. The van der Waals surface area contributed by atoms with Crippen molar-refractivity contribution in [3.8, 4) is 0 Å². The number of benzene rings is 1. The molecule has 1 aromatic rings. The Kier molecular flexibility index (Phi) is 4.32. The van der Waals surface area contributed by atoms with E-state index in [-0.39, 0.29) is 23.1 Å². The summed E-state index contributed by atoms with van der Waals surface area (Å²) in [7, 11) is 0. The van der Waals surface area contributed by atoms with Crippen molar-refractivity contribution in [3.05, 3.63) is 28.8 Å². The molecule has 0 aliphatic carbocycles. The number of nitrogens with one attached hydrogen (secondary N) is 2. The largest absolute Gasteiger partial charge is 0.354 e. The molecule has 1 aromatic carbocycles. The number of anilines is 1. The summed E-state index contributed by atoms with van der Waals surface area (Å²) < 4.78 is 26.0. The molecule has 3 nitrogen and oxygen atoms in total. The molecule has 0 bridgehead atoms. The number of nitrogens with zero attached hydrogens (tertiary/aromatic N) is 1. The molecule has 1 heterocycles. The molecule has 0 saturated heterocycles. The fraction of sp³-hybridized carbons (Fsp3) is 0.222. The second-order valence-corrected chi connectivity index (χ2v) is 3.43. The lowest BCUT2D eigenvalue weighted by molar-refractivity contribution is 0.586. The Morgan fingerprint density at radius 1 is 1.38 bits per heavy atom. The number of halogens is 4. The van der Waals surface area contributed by atoms with E-state index in [0.29, 0.717) is 19.0 Å². The topological polar surface area (TPSA) is 36.4 Å². The Morgan fingerprint density at radius 3 is 2.69 bits per heavy atom. The minimum absolute atomic E-state index is 0. The van der Waals surface area contributed by atoms with Crippen LogP contribution in [0.4, 0.5) is 14.5 Å². The maximum absolute atomic E-state index is 13.3. The van der Waals surface area contributed by atoms with Crippen LogP contribution in [0.1, 0.15) is 0 Å². The van der Waals surface area contributed by atoms with Crippen LogP contribution in [0.15, 0.2) is 17.1 Å². The molecule has 0 spiro atoms. The molecule has 0 unspecified atom stereocenters. The zero-order chi connectivity index (χ0) is 10.8. The van der Waals surface area contributed by atoms with Crippen LogP contribution >= 0.6 is 24.0 Å². The smallest absolute Gasteiger partial charge is 0.196 e. The minimum Gasteiger partial charge on any atom is -0.354 e. The van der Waals surface area contributed by atoms with Crippen molar-refractivity contribution in [2.24, 2.45) is 4.99 Å². The van der Waals surface area contributed by atoms with E-state index >= 15 is 0 Å². The highest BCUT2D eigenvalue weighted by Gasteiger charge is 2.13. The summed E-state index contributed by atoms with van der Waals surface area (Å²) >= 11 is 5.69. The van der Waals surface area contributed by atoms with Crippen LogP contribution in [-0.4, -0.2) is 19.0 Å². The van der Waals surface area contributed by atoms with Gasteiger partial charge < -0.3 is 10.6 Å². The Hall–Kier alpha value is -1.07. The minimum atomic E-state index is -0.739. The summed E-state index contributed by atoms with van der Waals surface area (Å²) in [5.74, 6) is -0.997. The monoisotopic (exact) mass is 267 g/mol. The van der Waals surface area contributed by atoms with Crippen molar-refractivity contribution in [2.45, 2.75) is 0 Å². The molecule has 0 saturated carbocycles. The van der Waals surface area contributed by atoms with Gasteiger partial charge in [0.1, 0.15) is 5.82 Å². The van der Waals surface area contributed by atoms with E-state index in [4.69, 9.17) is 11.6 Å². The number of hydrogen-bond acceptors (Lipinski definition) is 3. The van der Waals surface area contributed by atoms with Crippen molar-refractivity contribution in [2.75, 3.05) is 18.4 Å². The number of hydrogen-bond donors (Lipinski definition) is 2. The van der Waals surface area contributed by atoms with Crippen LogP contribution in [0.5, 0.6) is 0 Å². The molecule has 2 rings (SSSR count). The molecule has 1 aliphatic rings. The summed E-state index contributed by atoms with van der Waals surface area (Å²) in [6.07, 6.45) is 0. The summed E-state index contributed by atoms with van der Waals surface area (Å²) in [4.78, 5) is 4.01. The Bertz CT molecular complexity index is 400. The molecule has 0 aromatic heterocycles. The number of guanidine groups is 1. The summed E-state index contributed by atoms with van der Waals surface area (Å²) in [6, 6.07) is 1.81. The van der Waals surface area contributed by atoms with E-state index in [1.165, 1.54) is 0 Å². The molecule has 1 aliphatic heterocycles. The molecule has 0 fully saturated rings. The van der Waals surface area contributed by atoms with E-state index in [1.54, 1.807) is 0 Å². The third-order valence-electron chi connectivity index (χ3n) is 1.92. The van der Waals surface area contributed by atoms with E-state index in [0.717, 1.165) is 12.1 Å². The van der Waals surface area contributed by atoms with Crippen molar-refractivity contribution in [1.29, 1.82) is 0 Å². The van der Waals surface area contributed by atoms with Crippen molar-refractivity contribution in [3.63, 3.8) is 0 Å². The number of aliphatic imine (C=N–C) groups is 1. The highest BCUT2D eigenvalue weighted by molar-refractivity contribution is 6.33. The average Bonchev–Trinajstić information content (AvgIpc) is 2.63. The third-order valence-corrected chi connectivity index (χ3v) is 2.22. The zero-order valence-corrected chi connectivity index (χ0v) is 9.63. The zero-order valence-electron chi connectivity index (χ0n) is 8.06. The second-order valence-electron chi connectivity index (χ2n) is 3.03. The Labute approximate surface area is 102 Å². The Morgan fingerprint density at radius 2 is 2.12 bits per heavy atom. The first-order valence-electron chi connectivity index (χ1n) is 4.37. The molecule has 88 valence electrons. The molecular formula is C9H9Cl2F2N3.